The maximum atomic E-state index is 12.0. The zero-order valence-corrected chi connectivity index (χ0v) is 12.9. The van der Waals surface area contributed by atoms with Crippen molar-refractivity contribution in [2.75, 3.05) is 13.2 Å². The van der Waals surface area contributed by atoms with Gasteiger partial charge in [-0.05, 0) is 31.5 Å². The maximum Gasteiger partial charge on any atom is 0.508 e. The van der Waals surface area contributed by atoms with Gasteiger partial charge in [0.1, 0.15) is 12.7 Å². The smallest absolute Gasteiger partial charge is 0.455 e. The Kier molecular flexibility index (Phi) is 7.61. The molecule has 0 aliphatic heterocycles. The van der Waals surface area contributed by atoms with E-state index in [4.69, 9.17) is 21.1 Å². The first-order chi connectivity index (χ1) is 10.1. The molecular formula is C15H19ClO5. The Morgan fingerprint density at radius 2 is 2.00 bits per heavy atom. The molecule has 1 aromatic rings. The van der Waals surface area contributed by atoms with E-state index in [0.717, 1.165) is 6.42 Å². The third kappa shape index (κ3) is 6.49. The third-order valence-electron chi connectivity index (χ3n) is 2.59. The van der Waals surface area contributed by atoms with Gasteiger partial charge in [0.2, 0.25) is 0 Å². The van der Waals surface area contributed by atoms with E-state index in [0.29, 0.717) is 17.0 Å². The van der Waals surface area contributed by atoms with Crippen LogP contribution in [0, 0.1) is 0 Å². The van der Waals surface area contributed by atoms with Crippen molar-refractivity contribution < 1.29 is 23.8 Å². The molecule has 1 unspecified atom stereocenters. The molecule has 1 atom stereocenters. The SMILES string of the molecule is CCCC(COC(=O)OCC)OC(=O)c1cccc(Cl)c1. The van der Waals surface area contributed by atoms with Crippen molar-refractivity contribution >= 4 is 23.7 Å². The number of hydrogen-bond donors (Lipinski definition) is 0. The summed E-state index contributed by atoms with van der Waals surface area (Å²) in [6, 6.07) is 6.48. The minimum absolute atomic E-state index is 0.0288. The fourth-order valence-corrected chi connectivity index (χ4v) is 1.84. The minimum atomic E-state index is -0.766. The minimum Gasteiger partial charge on any atom is -0.455 e. The summed E-state index contributed by atoms with van der Waals surface area (Å²) in [6.07, 6.45) is 0.106. The van der Waals surface area contributed by atoms with Gasteiger partial charge < -0.3 is 14.2 Å². The molecular weight excluding hydrogens is 296 g/mol. The Hall–Kier alpha value is -1.75. The van der Waals surface area contributed by atoms with Crippen LogP contribution in [-0.4, -0.2) is 31.4 Å². The molecule has 0 spiro atoms. The molecule has 0 bridgehead atoms. The molecule has 1 rings (SSSR count). The van der Waals surface area contributed by atoms with Crippen molar-refractivity contribution in [2.45, 2.75) is 32.8 Å². The second kappa shape index (κ2) is 9.23. The summed E-state index contributed by atoms with van der Waals surface area (Å²) in [5.74, 6) is -0.497. The molecule has 0 aliphatic rings. The predicted octanol–water partition coefficient (Wildman–Crippen LogP) is 3.84. The van der Waals surface area contributed by atoms with E-state index in [2.05, 4.69) is 4.74 Å². The number of esters is 1. The summed E-state index contributed by atoms with van der Waals surface area (Å²) in [5, 5.41) is 0.458. The molecule has 0 radical (unpaired) electrons. The lowest BCUT2D eigenvalue weighted by molar-refractivity contribution is -0.00817. The van der Waals surface area contributed by atoms with Crippen LogP contribution < -0.4 is 0 Å². The highest BCUT2D eigenvalue weighted by molar-refractivity contribution is 6.30. The normalized spacial score (nSPS) is 11.6. The molecule has 0 saturated carbocycles. The zero-order valence-electron chi connectivity index (χ0n) is 12.1. The highest BCUT2D eigenvalue weighted by Gasteiger charge is 2.18. The van der Waals surface area contributed by atoms with Gasteiger partial charge in [-0.2, -0.15) is 0 Å². The molecule has 0 saturated heterocycles. The summed E-state index contributed by atoms with van der Waals surface area (Å²) in [6.45, 7) is 3.84. The van der Waals surface area contributed by atoms with Crippen LogP contribution in [0.2, 0.25) is 5.02 Å². The molecule has 6 heteroatoms. The largest absolute Gasteiger partial charge is 0.508 e. The van der Waals surface area contributed by atoms with Gasteiger partial charge in [0.25, 0.3) is 0 Å². The van der Waals surface area contributed by atoms with Crippen LogP contribution in [0.15, 0.2) is 24.3 Å². The second-order valence-electron chi connectivity index (χ2n) is 4.32. The lowest BCUT2D eigenvalue weighted by atomic mass is 10.2. The van der Waals surface area contributed by atoms with Gasteiger partial charge in [0.05, 0.1) is 12.2 Å². The summed E-state index contributed by atoms with van der Waals surface area (Å²) in [4.78, 5) is 23.1. The standard InChI is InChI=1S/C15H19ClO5/c1-3-6-13(10-20-15(18)19-4-2)21-14(17)11-7-5-8-12(16)9-11/h5,7-9,13H,3-4,6,10H2,1-2H3. The maximum absolute atomic E-state index is 12.0. The van der Waals surface area contributed by atoms with Gasteiger partial charge in [0, 0.05) is 5.02 Å². The van der Waals surface area contributed by atoms with E-state index in [1.165, 1.54) is 6.07 Å². The molecule has 1 aromatic carbocycles. The molecule has 21 heavy (non-hydrogen) atoms. The number of rotatable bonds is 7. The van der Waals surface area contributed by atoms with Gasteiger partial charge >= 0.3 is 12.1 Å². The van der Waals surface area contributed by atoms with Crippen molar-refractivity contribution in [3.05, 3.63) is 34.9 Å². The molecule has 0 fully saturated rings. The lowest BCUT2D eigenvalue weighted by Gasteiger charge is -2.17. The summed E-state index contributed by atoms with van der Waals surface area (Å²) in [7, 11) is 0. The van der Waals surface area contributed by atoms with Crippen LogP contribution in [0.4, 0.5) is 4.79 Å². The van der Waals surface area contributed by atoms with Crippen LogP contribution >= 0.6 is 11.6 Å². The highest BCUT2D eigenvalue weighted by atomic mass is 35.5. The topological polar surface area (TPSA) is 61.8 Å². The Morgan fingerprint density at radius 1 is 1.24 bits per heavy atom. The van der Waals surface area contributed by atoms with Gasteiger partial charge in [-0.1, -0.05) is 31.0 Å². The van der Waals surface area contributed by atoms with E-state index in [9.17, 15) is 9.59 Å². The number of halogens is 1. The quantitative estimate of drug-likeness (QED) is 0.716. The van der Waals surface area contributed by atoms with E-state index in [-0.39, 0.29) is 13.2 Å². The third-order valence-corrected chi connectivity index (χ3v) is 2.83. The monoisotopic (exact) mass is 314 g/mol. The Balaban J connectivity index is 2.57. The van der Waals surface area contributed by atoms with Gasteiger partial charge in [-0.25, -0.2) is 9.59 Å². The van der Waals surface area contributed by atoms with Crippen molar-refractivity contribution in [3.63, 3.8) is 0 Å². The molecule has 0 aromatic heterocycles. The molecule has 5 nitrogen and oxygen atoms in total. The van der Waals surface area contributed by atoms with Gasteiger partial charge in [-0.15, -0.1) is 0 Å². The summed E-state index contributed by atoms with van der Waals surface area (Å²) in [5.41, 5.74) is 0.361. The van der Waals surface area contributed by atoms with Crippen LogP contribution in [0.1, 0.15) is 37.0 Å². The first kappa shape index (κ1) is 17.3. The van der Waals surface area contributed by atoms with Crippen LogP contribution in [-0.2, 0) is 14.2 Å². The first-order valence-electron chi connectivity index (χ1n) is 6.82. The number of hydrogen-bond acceptors (Lipinski definition) is 5. The molecule has 116 valence electrons. The van der Waals surface area contributed by atoms with Gasteiger partial charge in [-0.3, -0.25) is 0 Å². The van der Waals surface area contributed by atoms with Crippen molar-refractivity contribution in [2.24, 2.45) is 0 Å². The summed E-state index contributed by atoms with van der Waals surface area (Å²) < 4.78 is 14.9. The van der Waals surface area contributed by atoms with Crippen LogP contribution in [0.3, 0.4) is 0 Å². The van der Waals surface area contributed by atoms with Crippen LogP contribution in [0.25, 0.3) is 0 Å². The Labute approximate surface area is 129 Å². The van der Waals surface area contributed by atoms with E-state index in [1.54, 1.807) is 25.1 Å². The van der Waals surface area contributed by atoms with Crippen LogP contribution in [0.5, 0.6) is 0 Å². The number of benzene rings is 1. The fourth-order valence-electron chi connectivity index (χ4n) is 1.65. The highest BCUT2D eigenvalue weighted by Crippen LogP contribution is 2.14. The Bertz CT molecular complexity index is 475. The zero-order chi connectivity index (χ0) is 15.7. The number of carbonyl (C=O) groups is 2. The number of ether oxygens (including phenoxy) is 3. The van der Waals surface area contributed by atoms with Crippen molar-refractivity contribution in [3.8, 4) is 0 Å². The van der Waals surface area contributed by atoms with Crippen molar-refractivity contribution in [1.82, 2.24) is 0 Å². The second-order valence-corrected chi connectivity index (χ2v) is 4.76. The fraction of sp³-hybridized carbons (Fsp3) is 0.467. The van der Waals surface area contributed by atoms with E-state index >= 15 is 0 Å². The molecule has 0 heterocycles. The van der Waals surface area contributed by atoms with E-state index in [1.807, 2.05) is 6.92 Å². The molecule has 0 aliphatic carbocycles. The average Bonchev–Trinajstić information content (AvgIpc) is 2.45. The summed E-state index contributed by atoms with van der Waals surface area (Å²) >= 11 is 5.83. The molecule has 0 N–H and O–H groups in total. The lowest BCUT2D eigenvalue weighted by Crippen LogP contribution is -2.25. The Morgan fingerprint density at radius 3 is 2.62 bits per heavy atom. The van der Waals surface area contributed by atoms with Gasteiger partial charge in [0.15, 0.2) is 0 Å². The first-order valence-corrected chi connectivity index (χ1v) is 7.20. The number of carbonyl (C=O) groups excluding carboxylic acids is 2. The molecule has 0 amide bonds. The van der Waals surface area contributed by atoms with E-state index < -0.39 is 18.2 Å². The average molecular weight is 315 g/mol. The van der Waals surface area contributed by atoms with Crippen molar-refractivity contribution in [1.29, 1.82) is 0 Å². The predicted molar refractivity (Wildman–Crippen MR) is 78.5 cm³/mol.